The SMILES string of the molecule is O=c1c(Cc2ccc(F)cc2)nnc2sc(C3CCCN3)nn12. The van der Waals surface area contributed by atoms with Crippen LogP contribution in [-0.2, 0) is 6.42 Å². The van der Waals surface area contributed by atoms with Crippen molar-refractivity contribution >= 4 is 16.3 Å². The van der Waals surface area contributed by atoms with Crippen LogP contribution in [0.15, 0.2) is 29.1 Å². The molecule has 23 heavy (non-hydrogen) atoms. The number of rotatable bonds is 3. The van der Waals surface area contributed by atoms with Crippen LogP contribution in [0.25, 0.3) is 4.96 Å². The predicted molar refractivity (Wildman–Crippen MR) is 84.1 cm³/mol. The van der Waals surface area contributed by atoms with Gasteiger partial charge >= 0.3 is 0 Å². The third-order valence-electron chi connectivity index (χ3n) is 3.91. The van der Waals surface area contributed by atoms with Gasteiger partial charge in [-0.05, 0) is 37.1 Å². The molecule has 1 N–H and O–H groups in total. The Hall–Kier alpha value is -2.19. The van der Waals surface area contributed by atoms with Crippen LogP contribution in [0.1, 0.15) is 35.1 Å². The van der Waals surface area contributed by atoms with E-state index in [0.717, 1.165) is 30.0 Å². The summed E-state index contributed by atoms with van der Waals surface area (Å²) in [7, 11) is 0. The Kier molecular flexibility index (Phi) is 3.62. The van der Waals surface area contributed by atoms with E-state index >= 15 is 0 Å². The van der Waals surface area contributed by atoms with E-state index in [1.54, 1.807) is 12.1 Å². The summed E-state index contributed by atoms with van der Waals surface area (Å²) in [4.78, 5) is 13.0. The van der Waals surface area contributed by atoms with Crippen LogP contribution >= 0.6 is 11.3 Å². The van der Waals surface area contributed by atoms with Crippen molar-refractivity contribution in [3.63, 3.8) is 0 Å². The van der Waals surface area contributed by atoms with Crippen LogP contribution in [-0.4, -0.2) is 26.4 Å². The van der Waals surface area contributed by atoms with E-state index in [1.165, 1.54) is 28.0 Å². The van der Waals surface area contributed by atoms with Gasteiger partial charge in [0.15, 0.2) is 0 Å². The van der Waals surface area contributed by atoms with Crippen LogP contribution in [0, 0.1) is 5.82 Å². The van der Waals surface area contributed by atoms with Crippen LogP contribution in [0.4, 0.5) is 4.39 Å². The fourth-order valence-electron chi connectivity index (χ4n) is 2.70. The number of halogens is 1. The highest BCUT2D eigenvalue weighted by Gasteiger charge is 2.22. The first-order valence-corrected chi connectivity index (χ1v) is 8.25. The molecule has 0 saturated carbocycles. The lowest BCUT2D eigenvalue weighted by atomic mass is 10.1. The molecule has 0 radical (unpaired) electrons. The molecule has 1 aliphatic rings. The molecule has 0 bridgehead atoms. The first kappa shape index (κ1) is 14.4. The molecule has 2 aromatic heterocycles. The van der Waals surface area contributed by atoms with E-state index in [1.807, 2.05) is 0 Å². The molecule has 1 atom stereocenters. The largest absolute Gasteiger partial charge is 0.308 e. The van der Waals surface area contributed by atoms with E-state index < -0.39 is 0 Å². The van der Waals surface area contributed by atoms with Crippen LogP contribution < -0.4 is 10.9 Å². The third kappa shape index (κ3) is 2.75. The monoisotopic (exact) mass is 331 g/mol. The minimum atomic E-state index is -0.305. The molecule has 1 saturated heterocycles. The van der Waals surface area contributed by atoms with Crippen LogP contribution in [0.5, 0.6) is 0 Å². The van der Waals surface area contributed by atoms with Crippen molar-refractivity contribution in [2.24, 2.45) is 0 Å². The molecule has 0 amide bonds. The number of hydrogen-bond acceptors (Lipinski definition) is 6. The molecule has 0 spiro atoms. The number of fused-ring (bicyclic) bond motifs is 1. The Morgan fingerprint density at radius 3 is 2.87 bits per heavy atom. The molecule has 1 fully saturated rings. The van der Waals surface area contributed by atoms with Gasteiger partial charge in [-0.15, -0.1) is 10.2 Å². The standard InChI is InChI=1S/C15H14FN5OS/c16-10-5-3-9(4-6-10)8-12-14(22)21-15(19-18-12)23-13(20-21)11-2-1-7-17-11/h3-6,11,17H,1-2,7-8H2. The van der Waals surface area contributed by atoms with Crippen molar-refractivity contribution in [1.82, 2.24) is 25.1 Å². The highest BCUT2D eigenvalue weighted by Crippen LogP contribution is 2.25. The normalized spacial score (nSPS) is 17.9. The summed E-state index contributed by atoms with van der Waals surface area (Å²) in [5.41, 5.74) is 0.857. The first-order chi connectivity index (χ1) is 11.2. The van der Waals surface area contributed by atoms with Gasteiger partial charge in [0.05, 0.1) is 6.04 Å². The first-order valence-electron chi connectivity index (χ1n) is 7.44. The summed E-state index contributed by atoms with van der Waals surface area (Å²) in [5.74, 6) is -0.305. The second-order valence-electron chi connectivity index (χ2n) is 5.54. The van der Waals surface area contributed by atoms with Gasteiger partial charge in [-0.1, -0.05) is 23.5 Å². The summed E-state index contributed by atoms with van der Waals surface area (Å²) in [6.07, 6.45) is 2.44. The maximum Gasteiger partial charge on any atom is 0.297 e. The summed E-state index contributed by atoms with van der Waals surface area (Å²) in [6, 6.07) is 6.21. The lowest BCUT2D eigenvalue weighted by molar-refractivity contribution is 0.625. The Morgan fingerprint density at radius 1 is 1.30 bits per heavy atom. The summed E-state index contributed by atoms with van der Waals surface area (Å²) >= 11 is 1.39. The van der Waals surface area contributed by atoms with E-state index in [2.05, 4.69) is 20.6 Å². The van der Waals surface area contributed by atoms with E-state index in [9.17, 15) is 9.18 Å². The van der Waals surface area contributed by atoms with Gasteiger partial charge in [-0.25, -0.2) is 4.39 Å². The van der Waals surface area contributed by atoms with E-state index in [0.29, 0.717) is 17.1 Å². The molecule has 1 aromatic carbocycles. The highest BCUT2D eigenvalue weighted by atomic mass is 32.1. The molecule has 1 unspecified atom stereocenters. The quantitative estimate of drug-likeness (QED) is 0.791. The fraction of sp³-hybridized carbons (Fsp3) is 0.333. The molecule has 0 aliphatic carbocycles. The Morgan fingerprint density at radius 2 is 2.13 bits per heavy atom. The molecular formula is C15H14FN5OS. The van der Waals surface area contributed by atoms with Gasteiger partial charge in [0.25, 0.3) is 5.56 Å². The molecule has 3 aromatic rings. The lowest BCUT2D eigenvalue weighted by Crippen LogP contribution is -2.22. The number of benzene rings is 1. The van der Waals surface area contributed by atoms with Gasteiger partial charge in [0.1, 0.15) is 16.5 Å². The average molecular weight is 331 g/mol. The average Bonchev–Trinajstić information content (AvgIpc) is 3.21. The Balaban J connectivity index is 1.69. The topological polar surface area (TPSA) is 72.2 Å². The van der Waals surface area contributed by atoms with Gasteiger partial charge in [-0.2, -0.15) is 9.61 Å². The fourth-order valence-corrected chi connectivity index (χ4v) is 3.65. The van der Waals surface area contributed by atoms with Gasteiger partial charge < -0.3 is 5.32 Å². The van der Waals surface area contributed by atoms with Gasteiger partial charge in [-0.3, -0.25) is 4.79 Å². The second-order valence-corrected chi connectivity index (χ2v) is 6.53. The summed E-state index contributed by atoms with van der Waals surface area (Å²) in [5, 5.41) is 16.8. The third-order valence-corrected chi connectivity index (χ3v) is 4.93. The maximum atomic E-state index is 13.0. The van der Waals surface area contributed by atoms with Gasteiger partial charge in [0, 0.05) is 6.42 Å². The van der Waals surface area contributed by atoms with Crippen molar-refractivity contribution in [3.05, 3.63) is 56.7 Å². The van der Waals surface area contributed by atoms with E-state index in [-0.39, 0.29) is 17.4 Å². The zero-order chi connectivity index (χ0) is 15.8. The van der Waals surface area contributed by atoms with E-state index in [4.69, 9.17) is 0 Å². The molecule has 8 heteroatoms. The minimum Gasteiger partial charge on any atom is -0.308 e. The molecule has 3 heterocycles. The molecule has 1 aliphatic heterocycles. The molecule has 6 nitrogen and oxygen atoms in total. The minimum absolute atomic E-state index is 0.196. The number of nitrogens with one attached hydrogen (secondary N) is 1. The second kappa shape index (κ2) is 5.78. The molecular weight excluding hydrogens is 317 g/mol. The summed E-state index contributed by atoms with van der Waals surface area (Å²) < 4.78 is 14.3. The zero-order valence-electron chi connectivity index (χ0n) is 12.2. The predicted octanol–water partition coefficient (Wildman–Crippen LogP) is 1.70. The van der Waals surface area contributed by atoms with Crippen molar-refractivity contribution in [1.29, 1.82) is 0 Å². The molecule has 118 valence electrons. The van der Waals surface area contributed by atoms with Crippen LogP contribution in [0.2, 0.25) is 0 Å². The summed E-state index contributed by atoms with van der Waals surface area (Å²) in [6.45, 7) is 0.969. The highest BCUT2D eigenvalue weighted by molar-refractivity contribution is 7.16. The number of nitrogens with zero attached hydrogens (tertiary/aromatic N) is 4. The number of hydrogen-bond donors (Lipinski definition) is 1. The van der Waals surface area contributed by atoms with Gasteiger partial charge in [0.2, 0.25) is 4.96 Å². The zero-order valence-corrected chi connectivity index (χ0v) is 13.0. The number of aromatic nitrogens is 4. The van der Waals surface area contributed by atoms with Crippen molar-refractivity contribution in [2.75, 3.05) is 6.54 Å². The Labute approximate surface area is 135 Å². The Bertz CT molecular complexity index is 898. The smallest absolute Gasteiger partial charge is 0.297 e. The van der Waals surface area contributed by atoms with Crippen molar-refractivity contribution in [2.45, 2.75) is 25.3 Å². The lowest BCUT2D eigenvalue weighted by Gasteiger charge is -2.02. The van der Waals surface area contributed by atoms with Crippen molar-refractivity contribution in [3.8, 4) is 0 Å². The maximum absolute atomic E-state index is 13.0. The molecule has 4 rings (SSSR count). The van der Waals surface area contributed by atoms with Crippen LogP contribution in [0.3, 0.4) is 0 Å². The van der Waals surface area contributed by atoms with Crippen molar-refractivity contribution < 1.29 is 4.39 Å².